The Morgan fingerprint density at radius 2 is 2.16 bits per heavy atom. The molecule has 3 nitrogen and oxygen atoms in total. The van der Waals surface area contributed by atoms with Crippen LogP contribution in [-0.2, 0) is 5.75 Å². The highest BCUT2D eigenvalue weighted by Gasteiger charge is 2.07. The third kappa shape index (κ3) is 3.83. The van der Waals surface area contributed by atoms with Crippen molar-refractivity contribution in [3.8, 4) is 0 Å². The second-order valence-electron chi connectivity index (χ2n) is 4.31. The van der Waals surface area contributed by atoms with Crippen LogP contribution in [-0.4, -0.2) is 17.1 Å². The SMILES string of the molecule is CSCc1cccc(C(=O)Nc2cc(C)ccn2)c1. The molecule has 0 aliphatic carbocycles. The first-order chi connectivity index (χ1) is 9.19. The predicted molar refractivity (Wildman–Crippen MR) is 80.6 cm³/mol. The summed E-state index contributed by atoms with van der Waals surface area (Å²) in [6.07, 6.45) is 3.73. The van der Waals surface area contributed by atoms with Crippen LogP contribution in [0.4, 0.5) is 5.82 Å². The van der Waals surface area contributed by atoms with E-state index in [4.69, 9.17) is 0 Å². The van der Waals surface area contributed by atoms with Crippen LogP contribution in [0.25, 0.3) is 0 Å². The lowest BCUT2D eigenvalue weighted by atomic mass is 10.1. The first-order valence-electron chi connectivity index (χ1n) is 6.01. The first kappa shape index (κ1) is 13.6. The zero-order valence-corrected chi connectivity index (χ0v) is 11.8. The van der Waals surface area contributed by atoms with Gasteiger partial charge in [0.2, 0.25) is 0 Å². The summed E-state index contributed by atoms with van der Waals surface area (Å²) < 4.78 is 0. The molecule has 0 saturated heterocycles. The van der Waals surface area contributed by atoms with Crippen LogP contribution in [0.2, 0.25) is 0 Å². The number of rotatable bonds is 4. The number of pyridine rings is 1. The van der Waals surface area contributed by atoms with Gasteiger partial charge in [-0.3, -0.25) is 4.79 Å². The lowest BCUT2D eigenvalue weighted by Gasteiger charge is -2.06. The van der Waals surface area contributed by atoms with E-state index in [9.17, 15) is 4.79 Å². The average Bonchev–Trinajstić information content (AvgIpc) is 2.39. The van der Waals surface area contributed by atoms with Crippen LogP contribution in [0, 0.1) is 6.92 Å². The Hall–Kier alpha value is -1.81. The van der Waals surface area contributed by atoms with Crippen LogP contribution in [0.5, 0.6) is 0 Å². The van der Waals surface area contributed by atoms with E-state index in [1.807, 2.05) is 49.6 Å². The highest BCUT2D eigenvalue weighted by Crippen LogP contribution is 2.13. The Kier molecular flexibility index (Phi) is 4.58. The second-order valence-corrected chi connectivity index (χ2v) is 5.17. The molecule has 0 saturated carbocycles. The summed E-state index contributed by atoms with van der Waals surface area (Å²) in [5.41, 5.74) is 2.88. The van der Waals surface area contributed by atoms with Crippen molar-refractivity contribution in [3.63, 3.8) is 0 Å². The fraction of sp³-hybridized carbons (Fsp3) is 0.200. The zero-order valence-electron chi connectivity index (χ0n) is 11.0. The van der Waals surface area contributed by atoms with E-state index in [2.05, 4.69) is 10.3 Å². The van der Waals surface area contributed by atoms with Crippen molar-refractivity contribution < 1.29 is 4.79 Å². The predicted octanol–water partition coefficient (Wildman–Crippen LogP) is 3.51. The molecule has 2 rings (SSSR count). The Balaban J connectivity index is 2.13. The first-order valence-corrected chi connectivity index (χ1v) is 7.40. The molecule has 0 bridgehead atoms. The number of nitrogens with one attached hydrogen (secondary N) is 1. The van der Waals surface area contributed by atoms with Gasteiger partial charge in [0.1, 0.15) is 5.82 Å². The maximum Gasteiger partial charge on any atom is 0.256 e. The molecular weight excluding hydrogens is 256 g/mol. The number of carbonyl (C=O) groups is 1. The molecule has 1 aromatic carbocycles. The van der Waals surface area contributed by atoms with E-state index in [1.165, 1.54) is 0 Å². The average molecular weight is 272 g/mol. The number of hydrogen-bond donors (Lipinski definition) is 1. The van der Waals surface area contributed by atoms with Gasteiger partial charge in [0, 0.05) is 17.5 Å². The van der Waals surface area contributed by atoms with Crippen LogP contribution in [0.15, 0.2) is 42.6 Å². The monoisotopic (exact) mass is 272 g/mol. The van der Waals surface area contributed by atoms with Crippen molar-refractivity contribution in [2.45, 2.75) is 12.7 Å². The molecule has 0 unspecified atom stereocenters. The molecule has 1 heterocycles. The molecule has 0 radical (unpaired) electrons. The molecule has 1 amide bonds. The normalized spacial score (nSPS) is 10.2. The standard InChI is InChI=1S/C15H16N2OS/c1-11-6-7-16-14(8-11)17-15(18)13-5-3-4-12(9-13)10-19-2/h3-9H,10H2,1-2H3,(H,16,17,18). The van der Waals surface area contributed by atoms with Crippen LogP contribution in [0.3, 0.4) is 0 Å². The summed E-state index contributed by atoms with van der Waals surface area (Å²) in [4.78, 5) is 16.3. The summed E-state index contributed by atoms with van der Waals surface area (Å²) >= 11 is 1.74. The molecular formula is C15H16N2OS. The summed E-state index contributed by atoms with van der Waals surface area (Å²) in [5, 5.41) is 2.81. The van der Waals surface area contributed by atoms with E-state index < -0.39 is 0 Å². The van der Waals surface area contributed by atoms with Crippen LogP contribution in [0.1, 0.15) is 21.5 Å². The number of benzene rings is 1. The fourth-order valence-corrected chi connectivity index (χ4v) is 2.27. The molecule has 2 aromatic rings. The number of aryl methyl sites for hydroxylation is 1. The lowest BCUT2D eigenvalue weighted by molar-refractivity contribution is 0.102. The van der Waals surface area contributed by atoms with Crippen molar-refractivity contribution >= 4 is 23.5 Å². The Bertz CT molecular complexity index is 584. The molecule has 1 N–H and O–H groups in total. The molecule has 0 aliphatic heterocycles. The number of nitrogens with zero attached hydrogens (tertiary/aromatic N) is 1. The van der Waals surface area contributed by atoms with Gasteiger partial charge in [-0.15, -0.1) is 0 Å². The minimum absolute atomic E-state index is 0.124. The van der Waals surface area contributed by atoms with E-state index in [0.29, 0.717) is 11.4 Å². The maximum atomic E-state index is 12.1. The Morgan fingerprint density at radius 1 is 1.32 bits per heavy atom. The summed E-state index contributed by atoms with van der Waals surface area (Å²) in [7, 11) is 0. The Labute approximate surface area is 117 Å². The zero-order chi connectivity index (χ0) is 13.7. The quantitative estimate of drug-likeness (QED) is 0.926. The largest absolute Gasteiger partial charge is 0.307 e. The van der Waals surface area contributed by atoms with E-state index in [1.54, 1.807) is 18.0 Å². The van der Waals surface area contributed by atoms with E-state index in [-0.39, 0.29) is 5.91 Å². The summed E-state index contributed by atoms with van der Waals surface area (Å²) in [5.74, 6) is 1.37. The van der Waals surface area contributed by atoms with Crippen molar-refractivity contribution in [2.75, 3.05) is 11.6 Å². The molecule has 0 atom stereocenters. The van der Waals surface area contributed by atoms with Gasteiger partial charge in [-0.05, 0) is 48.6 Å². The van der Waals surface area contributed by atoms with E-state index >= 15 is 0 Å². The summed E-state index contributed by atoms with van der Waals surface area (Å²) in [6.45, 7) is 1.97. The number of carbonyl (C=O) groups excluding carboxylic acids is 1. The lowest BCUT2D eigenvalue weighted by Crippen LogP contribution is -2.13. The topological polar surface area (TPSA) is 42.0 Å². The van der Waals surface area contributed by atoms with Gasteiger partial charge in [-0.25, -0.2) is 4.98 Å². The van der Waals surface area contributed by atoms with Crippen molar-refractivity contribution in [1.29, 1.82) is 0 Å². The maximum absolute atomic E-state index is 12.1. The van der Waals surface area contributed by atoms with Gasteiger partial charge in [0.25, 0.3) is 5.91 Å². The molecule has 0 aliphatic rings. The third-order valence-corrected chi connectivity index (χ3v) is 3.28. The number of amides is 1. The molecule has 4 heteroatoms. The molecule has 0 fully saturated rings. The van der Waals surface area contributed by atoms with Gasteiger partial charge in [-0.1, -0.05) is 12.1 Å². The Morgan fingerprint density at radius 3 is 2.89 bits per heavy atom. The highest BCUT2D eigenvalue weighted by molar-refractivity contribution is 7.97. The third-order valence-electron chi connectivity index (χ3n) is 2.66. The molecule has 0 spiro atoms. The fourth-order valence-electron chi connectivity index (χ4n) is 1.76. The minimum atomic E-state index is -0.124. The van der Waals surface area contributed by atoms with Gasteiger partial charge >= 0.3 is 0 Å². The number of thioether (sulfide) groups is 1. The number of hydrogen-bond acceptors (Lipinski definition) is 3. The number of anilines is 1. The van der Waals surface area contributed by atoms with Gasteiger partial charge in [0.05, 0.1) is 0 Å². The van der Waals surface area contributed by atoms with Gasteiger partial charge in [-0.2, -0.15) is 11.8 Å². The second kappa shape index (κ2) is 6.38. The number of aromatic nitrogens is 1. The van der Waals surface area contributed by atoms with Crippen molar-refractivity contribution in [3.05, 3.63) is 59.3 Å². The van der Waals surface area contributed by atoms with Gasteiger partial charge < -0.3 is 5.32 Å². The van der Waals surface area contributed by atoms with Crippen molar-refractivity contribution in [2.24, 2.45) is 0 Å². The highest BCUT2D eigenvalue weighted by atomic mass is 32.2. The van der Waals surface area contributed by atoms with Gasteiger partial charge in [0.15, 0.2) is 0 Å². The molecule has 19 heavy (non-hydrogen) atoms. The molecule has 1 aromatic heterocycles. The van der Waals surface area contributed by atoms with E-state index in [0.717, 1.165) is 16.9 Å². The summed E-state index contributed by atoms with van der Waals surface area (Å²) in [6, 6.07) is 11.4. The molecule has 98 valence electrons. The van der Waals surface area contributed by atoms with Crippen LogP contribution < -0.4 is 5.32 Å². The van der Waals surface area contributed by atoms with Crippen LogP contribution >= 0.6 is 11.8 Å². The minimum Gasteiger partial charge on any atom is -0.307 e. The van der Waals surface area contributed by atoms with Crippen molar-refractivity contribution in [1.82, 2.24) is 4.98 Å². The smallest absolute Gasteiger partial charge is 0.256 e.